The van der Waals surface area contributed by atoms with E-state index in [1.165, 1.54) is 6.92 Å². The van der Waals surface area contributed by atoms with E-state index < -0.39 is 6.09 Å². The van der Waals surface area contributed by atoms with Crippen LogP contribution in [0.15, 0.2) is 24.3 Å². The molecular formula is C11H14N2O3. The molecule has 0 bridgehead atoms. The maximum absolute atomic E-state index is 11.2. The van der Waals surface area contributed by atoms with Crippen molar-refractivity contribution >= 4 is 23.4 Å². The van der Waals surface area contributed by atoms with Gasteiger partial charge in [-0.15, -0.1) is 0 Å². The third-order valence-electron chi connectivity index (χ3n) is 1.75. The van der Waals surface area contributed by atoms with Gasteiger partial charge in [0.2, 0.25) is 5.91 Å². The van der Waals surface area contributed by atoms with Crippen LogP contribution in [0.25, 0.3) is 0 Å². The zero-order chi connectivity index (χ0) is 12.0. The molecule has 0 aliphatic heterocycles. The SMILES string of the molecule is CCOC(=O)Nc1ccccc1NC(C)=O. The quantitative estimate of drug-likeness (QED) is 0.823. The van der Waals surface area contributed by atoms with Crippen LogP contribution >= 0.6 is 0 Å². The van der Waals surface area contributed by atoms with E-state index in [1.54, 1.807) is 31.2 Å². The summed E-state index contributed by atoms with van der Waals surface area (Å²) in [5.41, 5.74) is 1.05. The first kappa shape index (κ1) is 12.0. The fourth-order valence-electron chi connectivity index (χ4n) is 1.17. The minimum absolute atomic E-state index is 0.196. The van der Waals surface area contributed by atoms with Gasteiger partial charge >= 0.3 is 6.09 Å². The number of benzene rings is 1. The molecule has 0 atom stereocenters. The van der Waals surface area contributed by atoms with E-state index in [0.29, 0.717) is 18.0 Å². The molecule has 0 saturated heterocycles. The van der Waals surface area contributed by atoms with Crippen LogP contribution in [-0.2, 0) is 9.53 Å². The van der Waals surface area contributed by atoms with Crippen LogP contribution in [0.3, 0.4) is 0 Å². The second-order valence-electron chi connectivity index (χ2n) is 3.07. The molecule has 86 valence electrons. The highest BCUT2D eigenvalue weighted by atomic mass is 16.5. The maximum Gasteiger partial charge on any atom is 0.411 e. The predicted molar refractivity (Wildman–Crippen MR) is 61.4 cm³/mol. The van der Waals surface area contributed by atoms with Crippen molar-refractivity contribution in [2.45, 2.75) is 13.8 Å². The smallest absolute Gasteiger partial charge is 0.411 e. The second kappa shape index (κ2) is 5.75. The van der Waals surface area contributed by atoms with Gasteiger partial charge in [0.05, 0.1) is 18.0 Å². The molecule has 1 aromatic carbocycles. The summed E-state index contributed by atoms with van der Waals surface area (Å²) < 4.78 is 4.74. The third kappa shape index (κ3) is 3.61. The lowest BCUT2D eigenvalue weighted by Crippen LogP contribution is -2.15. The first-order valence-electron chi connectivity index (χ1n) is 4.94. The molecule has 0 heterocycles. The minimum Gasteiger partial charge on any atom is -0.450 e. The van der Waals surface area contributed by atoms with Gasteiger partial charge in [0.15, 0.2) is 0 Å². The standard InChI is InChI=1S/C11H14N2O3/c1-3-16-11(15)13-10-7-5-4-6-9(10)12-8(2)14/h4-7H,3H2,1-2H3,(H,12,14)(H,13,15). The van der Waals surface area contributed by atoms with Crippen LogP contribution in [-0.4, -0.2) is 18.6 Å². The second-order valence-corrected chi connectivity index (χ2v) is 3.07. The lowest BCUT2D eigenvalue weighted by atomic mass is 10.2. The minimum atomic E-state index is -0.541. The molecule has 0 fully saturated rings. The monoisotopic (exact) mass is 222 g/mol. The van der Waals surface area contributed by atoms with Crippen LogP contribution in [0.5, 0.6) is 0 Å². The Bertz CT molecular complexity index is 391. The van der Waals surface area contributed by atoms with E-state index in [1.807, 2.05) is 0 Å². The first-order chi connectivity index (χ1) is 7.63. The van der Waals surface area contributed by atoms with Crippen molar-refractivity contribution < 1.29 is 14.3 Å². The van der Waals surface area contributed by atoms with Crippen LogP contribution in [0, 0.1) is 0 Å². The van der Waals surface area contributed by atoms with Gasteiger partial charge in [-0.05, 0) is 19.1 Å². The van der Waals surface area contributed by atoms with Crippen molar-refractivity contribution in [2.24, 2.45) is 0 Å². The number of rotatable bonds is 3. The molecule has 0 unspecified atom stereocenters. The van der Waals surface area contributed by atoms with Crippen molar-refractivity contribution in [2.75, 3.05) is 17.2 Å². The Hall–Kier alpha value is -2.04. The Morgan fingerprint density at radius 1 is 1.19 bits per heavy atom. The summed E-state index contributed by atoms with van der Waals surface area (Å²) >= 11 is 0. The summed E-state index contributed by atoms with van der Waals surface area (Å²) in [5, 5.41) is 5.15. The molecule has 0 saturated carbocycles. The number of anilines is 2. The van der Waals surface area contributed by atoms with Crippen LogP contribution in [0.4, 0.5) is 16.2 Å². The maximum atomic E-state index is 11.2. The molecule has 0 spiro atoms. The van der Waals surface area contributed by atoms with E-state index in [-0.39, 0.29) is 5.91 Å². The number of hydrogen-bond donors (Lipinski definition) is 2. The highest BCUT2D eigenvalue weighted by Crippen LogP contribution is 2.20. The number of hydrogen-bond acceptors (Lipinski definition) is 3. The molecule has 0 aliphatic rings. The highest BCUT2D eigenvalue weighted by Gasteiger charge is 2.07. The lowest BCUT2D eigenvalue weighted by molar-refractivity contribution is -0.114. The zero-order valence-electron chi connectivity index (χ0n) is 9.24. The third-order valence-corrected chi connectivity index (χ3v) is 1.75. The van der Waals surface area contributed by atoms with Crippen LogP contribution in [0.1, 0.15) is 13.8 Å². The Morgan fingerprint density at radius 3 is 2.25 bits per heavy atom. The van der Waals surface area contributed by atoms with Crippen molar-refractivity contribution in [1.29, 1.82) is 0 Å². The average molecular weight is 222 g/mol. The highest BCUT2D eigenvalue weighted by molar-refractivity contribution is 5.96. The van der Waals surface area contributed by atoms with E-state index in [0.717, 1.165) is 0 Å². The molecule has 0 radical (unpaired) electrons. The van der Waals surface area contributed by atoms with Crippen LogP contribution in [0.2, 0.25) is 0 Å². The van der Waals surface area contributed by atoms with Gasteiger partial charge in [0.25, 0.3) is 0 Å². The van der Waals surface area contributed by atoms with Gasteiger partial charge in [0, 0.05) is 6.92 Å². The van der Waals surface area contributed by atoms with Crippen molar-refractivity contribution in [3.63, 3.8) is 0 Å². The number of carbonyl (C=O) groups excluding carboxylic acids is 2. The summed E-state index contributed by atoms with van der Waals surface area (Å²) in [5.74, 6) is -0.196. The molecule has 16 heavy (non-hydrogen) atoms. The first-order valence-corrected chi connectivity index (χ1v) is 4.94. The van der Waals surface area contributed by atoms with E-state index >= 15 is 0 Å². The van der Waals surface area contributed by atoms with E-state index in [2.05, 4.69) is 10.6 Å². The molecule has 0 aromatic heterocycles. The zero-order valence-corrected chi connectivity index (χ0v) is 9.24. The summed E-state index contributed by atoms with van der Waals surface area (Å²) in [6.45, 7) is 3.43. The molecule has 1 rings (SSSR count). The molecule has 0 aliphatic carbocycles. The van der Waals surface area contributed by atoms with Gasteiger partial charge in [-0.3, -0.25) is 10.1 Å². The lowest BCUT2D eigenvalue weighted by Gasteiger charge is -2.10. The molecule has 5 nitrogen and oxygen atoms in total. The Morgan fingerprint density at radius 2 is 1.75 bits per heavy atom. The average Bonchev–Trinajstić information content (AvgIpc) is 2.20. The van der Waals surface area contributed by atoms with Gasteiger partial charge in [-0.1, -0.05) is 12.1 Å². The summed E-state index contributed by atoms with van der Waals surface area (Å²) in [7, 11) is 0. The molecule has 5 heteroatoms. The molecule has 2 N–H and O–H groups in total. The number of ether oxygens (including phenoxy) is 1. The number of carbonyl (C=O) groups is 2. The van der Waals surface area contributed by atoms with Gasteiger partial charge in [0.1, 0.15) is 0 Å². The fourth-order valence-corrected chi connectivity index (χ4v) is 1.17. The largest absolute Gasteiger partial charge is 0.450 e. The fraction of sp³-hybridized carbons (Fsp3) is 0.273. The van der Waals surface area contributed by atoms with Gasteiger partial charge in [-0.25, -0.2) is 4.79 Å². The predicted octanol–water partition coefficient (Wildman–Crippen LogP) is 2.21. The molecule has 2 amide bonds. The summed E-state index contributed by atoms with van der Waals surface area (Å²) in [6.07, 6.45) is -0.541. The van der Waals surface area contributed by atoms with Crippen molar-refractivity contribution in [3.8, 4) is 0 Å². The topological polar surface area (TPSA) is 67.4 Å². The van der Waals surface area contributed by atoms with Crippen molar-refractivity contribution in [3.05, 3.63) is 24.3 Å². The Balaban J connectivity index is 2.78. The van der Waals surface area contributed by atoms with E-state index in [9.17, 15) is 9.59 Å². The number of amides is 2. The Labute approximate surface area is 93.8 Å². The number of para-hydroxylation sites is 2. The van der Waals surface area contributed by atoms with Crippen molar-refractivity contribution in [1.82, 2.24) is 0 Å². The molecular weight excluding hydrogens is 208 g/mol. The van der Waals surface area contributed by atoms with E-state index in [4.69, 9.17) is 4.74 Å². The van der Waals surface area contributed by atoms with Gasteiger partial charge < -0.3 is 10.1 Å². The summed E-state index contributed by atoms with van der Waals surface area (Å²) in [6, 6.07) is 6.90. The molecule has 1 aromatic rings. The number of nitrogens with one attached hydrogen (secondary N) is 2. The summed E-state index contributed by atoms with van der Waals surface area (Å²) in [4.78, 5) is 22.1. The van der Waals surface area contributed by atoms with Crippen LogP contribution < -0.4 is 10.6 Å². The normalized spacial score (nSPS) is 9.38. The van der Waals surface area contributed by atoms with Gasteiger partial charge in [-0.2, -0.15) is 0 Å². The Kier molecular flexibility index (Phi) is 4.32.